The highest BCUT2D eigenvalue weighted by molar-refractivity contribution is 5.74. The summed E-state index contributed by atoms with van der Waals surface area (Å²) < 4.78 is 0. The van der Waals surface area contributed by atoms with Gasteiger partial charge in [-0.05, 0) is 12.8 Å². The summed E-state index contributed by atoms with van der Waals surface area (Å²) in [5.74, 6) is -1.15. The number of unbranched alkanes of at least 4 members (excludes halogenated alkanes) is 3. The Bertz CT molecular complexity index is 225. The van der Waals surface area contributed by atoms with Gasteiger partial charge < -0.3 is 0 Å². The molecule has 0 N–H and O–H groups in total. The van der Waals surface area contributed by atoms with E-state index < -0.39 is 11.9 Å². The van der Waals surface area contributed by atoms with Crippen LogP contribution in [-0.2, 0) is 19.4 Å². The van der Waals surface area contributed by atoms with E-state index in [4.69, 9.17) is 0 Å². The second-order valence-corrected chi connectivity index (χ2v) is 4.36. The van der Waals surface area contributed by atoms with Crippen molar-refractivity contribution in [2.75, 3.05) is 0 Å². The lowest BCUT2D eigenvalue weighted by Crippen LogP contribution is -2.17. The highest BCUT2D eigenvalue weighted by atomic mass is 17.2. The zero-order valence-corrected chi connectivity index (χ0v) is 11.2. The molecule has 0 aromatic carbocycles. The Hall–Kier alpha value is -1.06. The molecule has 4 nitrogen and oxygen atoms in total. The van der Waals surface area contributed by atoms with E-state index in [1.165, 1.54) is 12.8 Å². The molecule has 0 spiro atoms. The summed E-state index contributed by atoms with van der Waals surface area (Å²) in [7, 11) is 0. The van der Waals surface area contributed by atoms with Crippen LogP contribution in [0.3, 0.4) is 0 Å². The maximum Gasteiger partial charge on any atom is 0.358 e. The van der Waals surface area contributed by atoms with Crippen LogP contribution in [0.15, 0.2) is 0 Å². The minimum atomic E-state index is -0.487. The molecule has 1 atom stereocenters. The number of carbonyl (C=O) groups excluding carboxylic acids is 2. The van der Waals surface area contributed by atoms with Crippen molar-refractivity contribution in [3.63, 3.8) is 0 Å². The first-order chi connectivity index (χ1) is 8.11. The van der Waals surface area contributed by atoms with Crippen molar-refractivity contribution in [3.8, 4) is 0 Å². The van der Waals surface area contributed by atoms with E-state index in [9.17, 15) is 9.59 Å². The average molecular weight is 244 g/mol. The van der Waals surface area contributed by atoms with Crippen molar-refractivity contribution in [3.05, 3.63) is 0 Å². The fourth-order valence-corrected chi connectivity index (χ4v) is 1.41. The highest BCUT2D eigenvalue weighted by Crippen LogP contribution is 2.12. The van der Waals surface area contributed by atoms with Crippen molar-refractivity contribution >= 4 is 11.9 Å². The molecular weight excluding hydrogens is 220 g/mol. The molecule has 0 aliphatic rings. The van der Waals surface area contributed by atoms with Crippen LogP contribution in [0.5, 0.6) is 0 Å². The minimum absolute atomic E-state index is 0.207. The van der Waals surface area contributed by atoms with E-state index in [-0.39, 0.29) is 12.3 Å². The van der Waals surface area contributed by atoms with Gasteiger partial charge in [-0.3, -0.25) is 0 Å². The first kappa shape index (κ1) is 15.9. The molecular formula is C13H24O4. The molecule has 4 heteroatoms. The Morgan fingerprint density at radius 1 is 1.00 bits per heavy atom. The molecule has 0 aliphatic heterocycles. The van der Waals surface area contributed by atoms with E-state index in [1.54, 1.807) is 6.92 Å². The number of rotatable bonds is 8. The third kappa shape index (κ3) is 8.72. The predicted molar refractivity (Wildman–Crippen MR) is 65.0 cm³/mol. The summed E-state index contributed by atoms with van der Waals surface area (Å²) >= 11 is 0. The number of hydrogen-bond donors (Lipinski definition) is 0. The van der Waals surface area contributed by atoms with Crippen LogP contribution in [0.4, 0.5) is 0 Å². The van der Waals surface area contributed by atoms with Gasteiger partial charge in [0.25, 0.3) is 0 Å². The summed E-state index contributed by atoms with van der Waals surface area (Å²) in [5.41, 5.74) is 0. The van der Waals surface area contributed by atoms with Crippen molar-refractivity contribution in [2.45, 2.75) is 65.7 Å². The molecule has 0 aromatic rings. The summed E-state index contributed by atoms with van der Waals surface area (Å²) in [6, 6.07) is 0. The smallest absolute Gasteiger partial charge is 0.247 e. The predicted octanol–water partition coefficient (Wildman–Crippen LogP) is 3.39. The van der Waals surface area contributed by atoms with Gasteiger partial charge in [0.1, 0.15) is 0 Å². The molecule has 0 aromatic heterocycles. The lowest BCUT2D eigenvalue weighted by atomic mass is 10.0. The van der Waals surface area contributed by atoms with Crippen LogP contribution in [0.2, 0.25) is 0 Å². The molecule has 0 radical (unpaired) electrons. The highest BCUT2D eigenvalue weighted by Gasteiger charge is 2.17. The largest absolute Gasteiger partial charge is 0.358 e. The standard InChI is InChI=1S/C13H24O4/c1-4-6-7-8-10-11(3)13(15)17-16-12(14)9-5-2/h11H,4-10H2,1-3H3. The van der Waals surface area contributed by atoms with Crippen LogP contribution in [-0.4, -0.2) is 11.9 Å². The lowest BCUT2D eigenvalue weighted by Gasteiger charge is -2.09. The Balaban J connectivity index is 3.63. The van der Waals surface area contributed by atoms with E-state index in [0.717, 1.165) is 19.3 Å². The van der Waals surface area contributed by atoms with Crippen molar-refractivity contribution in [1.82, 2.24) is 0 Å². The molecule has 0 amide bonds. The van der Waals surface area contributed by atoms with Crippen LogP contribution in [0, 0.1) is 5.92 Å². The monoisotopic (exact) mass is 244 g/mol. The molecule has 100 valence electrons. The van der Waals surface area contributed by atoms with Gasteiger partial charge in [0.05, 0.1) is 5.92 Å². The zero-order valence-electron chi connectivity index (χ0n) is 11.2. The maximum absolute atomic E-state index is 11.4. The van der Waals surface area contributed by atoms with Gasteiger partial charge in [-0.2, -0.15) is 0 Å². The third-order valence-electron chi connectivity index (χ3n) is 2.56. The Morgan fingerprint density at radius 2 is 1.71 bits per heavy atom. The fraction of sp³-hybridized carbons (Fsp3) is 0.846. The Labute approximate surface area is 104 Å². The molecule has 0 fully saturated rings. The summed E-state index contributed by atoms with van der Waals surface area (Å²) in [5, 5.41) is 0. The van der Waals surface area contributed by atoms with Crippen molar-refractivity contribution in [2.24, 2.45) is 5.92 Å². The van der Waals surface area contributed by atoms with Gasteiger partial charge in [-0.25, -0.2) is 19.4 Å². The van der Waals surface area contributed by atoms with Crippen LogP contribution in [0.25, 0.3) is 0 Å². The van der Waals surface area contributed by atoms with Crippen LogP contribution in [0.1, 0.15) is 65.7 Å². The normalized spacial score (nSPS) is 11.9. The second-order valence-electron chi connectivity index (χ2n) is 4.36. The molecule has 0 bridgehead atoms. The van der Waals surface area contributed by atoms with E-state index in [1.807, 2.05) is 6.92 Å². The SMILES string of the molecule is CCCCCCC(C)C(=O)OOC(=O)CCC. The molecule has 0 saturated heterocycles. The van der Waals surface area contributed by atoms with Gasteiger partial charge >= 0.3 is 11.9 Å². The van der Waals surface area contributed by atoms with Gasteiger partial charge in [-0.1, -0.05) is 46.5 Å². The molecule has 0 heterocycles. The first-order valence-electron chi connectivity index (χ1n) is 6.53. The first-order valence-corrected chi connectivity index (χ1v) is 6.53. The molecule has 0 rings (SSSR count). The third-order valence-corrected chi connectivity index (χ3v) is 2.56. The van der Waals surface area contributed by atoms with E-state index in [2.05, 4.69) is 16.7 Å². The molecule has 0 aliphatic carbocycles. The molecule has 1 unspecified atom stereocenters. The fourth-order valence-electron chi connectivity index (χ4n) is 1.41. The topological polar surface area (TPSA) is 52.6 Å². The van der Waals surface area contributed by atoms with Crippen molar-refractivity contribution in [1.29, 1.82) is 0 Å². The Morgan fingerprint density at radius 3 is 2.29 bits per heavy atom. The zero-order chi connectivity index (χ0) is 13.1. The van der Waals surface area contributed by atoms with Gasteiger partial charge in [-0.15, -0.1) is 0 Å². The maximum atomic E-state index is 11.4. The van der Waals surface area contributed by atoms with Gasteiger partial charge in [0.2, 0.25) is 0 Å². The van der Waals surface area contributed by atoms with Gasteiger partial charge in [0, 0.05) is 6.42 Å². The number of carbonyl (C=O) groups is 2. The van der Waals surface area contributed by atoms with Gasteiger partial charge in [0.15, 0.2) is 0 Å². The summed E-state index contributed by atoms with van der Waals surface area (Å²) in [6.45, 7) is 5.80. The lowest BCUT2D eigenvalue weighted by molar-refractivity contribution is -0.262. The molecule has 17 heavy (non-hydrogen) atoms. The van der Waals surface area contributed by atoms with Crippen LogP contribution >= 0.6 is 0 Å². The molecule has 0 saturated carbocycles. The second kappa shape index (κ2) is 10.1. The Kier molecular flexibility index (Phi) is 9.49. The van der Waals surface area contributed by atoms with Crippen molar-refractivity contribution < 1.29 is 19.4 Å². The quantitative estimate of drug-likeness (QED) is 0.373. The van der Waals surface area contributed by atoms with E-state index >= 15 is 0 Å². The van der Waals surface area contributed by atoms with Crippen LogP contribution < -0.4 is 0 Å². The average Bonchev–Trinajstić information content (AvgIpc) is 2.31. The number of hydrogen-bond acceptors (Lipinski definition) is 4. The summed E-state index contributed by atoms with van der Waals surface area (Å²) in [4.78, 5) is 31.3. The minimum Gasteiger partial charge on any atom is -0.247 e. The summed E-state index contributed by atoms with van der Waals surface area (Å²) in [6.07, 6.45) is 6.24. The van der Waals surface area contributed by atoms with E-state index in [0.29, 0.717) is 6.42 Å².